The van der Waals surface area contributed by atoms with Gasteiger partial charge in [-0.2, -0.15) is 0 Å². The Balaban J connectivity index is 1.87. The van der Waals surface area contributed by atoms with Crippen molar-refractivity contribution in [2.75, 3.05) is 0 Å². The molecule has 4 nitrogen and oxygen atoms in total. The number of hydrogen-bond donors (Lipinski definition) is 0. The summed E-state index contributed by atoms with van der Waals surface area (Å²) in [6.45, 7) is 0.268. The Labute approximate surface area is 159 Å². The van der Waals surface area contributed by atoms with Gasteiger partial charge in [0.15, 0.2) is 0 Å². The molecule has 1 aliphatic rings. The van der Waals surface area contributed by atoms with Crippen molar-refractivity contribution in [1.29, 1.82) is 10.5 Å². The molecule has 0 amide bonds. The average molecular weight is 409 g/mol. The van der Waals surface area contributed by atoms with Crippen LogP contribution in [0.4, 0.5) is 0 Å². The van der Waals surface area contributed by atoms with Crippen LogP contribution in [0.1, 0.15) is 46.3 Å². The summed E-state index contributed by atoms with van der Waals surface area (Å²) in [5.41, 5.74) is 2.86. The molecule has 1 fully saturated rings. The Hall–Kier alpha value is -2.59. The van der Waals surface area contributed by atoms with Gasteiger partial charge in [-0.3, -0.25) is 0 Å². The number of nitriles is 2. The third kappa shape index (κ3) is 3.81. The van der Waals surface area contributed by atoms with Crippen LogP contribution in [0.25, 0.3) is 0 Å². The fourth-order valence-electron chi connectivity index (χ4n) is 3.07. The first-order valence-electron chi connectivity index (χ1n) is 8.47. The molecule has 0 aromatic heterocycles. The number of carbonyl (C=O) groups excluding carboxylic acids is 1. The molecular weight excluding hydrogens is 391 g/mol. The van der Waals surface area contributed by atoms with E-state index in [-0.39, 0.29) is 21.6 Å². The van der Waals surface area contributed by atoms with Crippen LogP contribution in [0.2, 0.25) is 5.32 Å². The Bertz CT molecular complexity index is 890. The van der Waals surface area contributed by atoms with E-state index in [1.807, 2.05) is 24.3 Å². The predicted octanol–water partition coefficient (Wildman–Crippen LogP) is 3.98. The van der Waals surface area contributed by atoms with Crippen LogP contribution in [-0.2, 0) is 10.9 Å². The number of rotatable bonds is 5. The molecule has 0 bridgehead atoms. The van der Waals surface area contributed by atoms with Crippen molar-refractivity contribution in [3.8, 4) is 17.9 Å². The van der Waals surface area contributed by atoms with Crippen LogP contribution in [0.5, 0.6) is 5.75 Å². The van der Waals surface area contributed by atoms with Crippen LogP contribution in [-0.4, -0.2) is 21.2 Å². The minimum atomic E-state index is -0.425. The summed E-state index contributed by atoms with van der Waals surface area (Å²) in [5.74, 6) is 0.496. The van der Waals surface area contributed by atoms with E-state index in [0.717, 1.165) is 35.6 Å². The van der Waals surface area contributed by atoms with E-state index in [1.54, 1.807) is 18.2 Å². The van der Waals surface area contributed by atoms with Gasteiger partial charge in [0.1, 0.15) is 0 Å². The zero-order valence-corrected chi connectivity index (χ0v) is 16.0. The van der Waals surface area contributed by atoms with Gasteiger partial charge in [-0.1, -0.05) is 0 Å². The predicted molar refractivity (Wildman–Crippen MR) is 99.0 cm³/mol. The standard InChI is InChI=1S/C21H18N2O2Se/c22-12-16-4-3-5-17(10-16)14-25-20-11-19(7-6-18(20)13-24)21(15-23)8-1-2-9-26-21/h3-7,10-11,13H,1-2,8-9,14H2. The molecule has 3 rings (SSSR count). The Morgan fingerprint density at radius 1 is 1.19 bits per heavy atom. The van der Waals surface area contributed by atoms with E-state index in [0.29, 0.717) is 16.9 Å². The second-order valence-corrected chi connectivity index (χ2v) is 9.14. The van der Waals surface area contributed by atoms with E-state index in [9.17, 15) is 10.1 Å². The van der Waals surface area contributed by atoms with Gasteiger partial charge in [-0.25, -0.2) is 0 Å². The number of aldehydes is 1. The summed E-state index contributed by atoms with van der Waals surface area (Å²) < 4.78 is 5.47. The summed E-state index contributed by atoms with van der Waals surface area (Å²) in [4.78, 5) is 11.4. The summed E-state index contributed by atoms with van der Waals surface area (Å²) in [7, 11) is 0. The Morgan fingerprint density at radius 3 is 2.77 bits per heavy atom. The second-order valence-electron chi connectivity index (χ2n) is 6.22. The van der Waals surface area contributed by atoms with Crippen LogP contribution in [0.3, 0.4) is 0 Å². The van der Waals surface area contributed by atoms with Gasteiger partial charge in [-0.05, 0) is 0 Å². The average Bonchev–Trinajstić information content (AvgIpc) is 2.72. The van der Waals surface area contributed by atoms with Crippen LogP contribution in [0.15, 0.2) is 42.5 Å². The van der Waals surface area contributed by atoms with Crippen molar-refractivity contribution < 1.29 is 9.53 Å². The molecule has 0 N–H and O–H groups in total. The van der Waals surface area contributed by atoms with Crippen LogP contribution < -0.4 is 4.74 Å². The molecular formula is C21H18N2O2Se. The van der Waals surface area contributed by atoms with Crippen molar-refractivity contribution in [3.05, 3.63) is 64.7 Å². The molecule has 0 aliphatic carbocycles. The van der Waals surface area contributed by atoms with Gasteiger partial charge in [0.2, 0.25) is 0 Å². The van der Waals surface area contributed by atoms with Gasteiger partial charge in [0.05, 0.1) is 0 Å². The van der Waals surface area contributed by atoms with Gasteiger partial charge in [0, 0.05) is 0 Å². The number of hydrogen-bond acceptors (Lipinski definition) is 4. The molecule has 1 atom stereocenters. The first kappa shape index (κ1) is 18.2. The molecule has 1 saturated heterocycles. The fraction of sp³-hybridized carbons (Fsp3) is 0.286. The summed E-state index contributed by atoms with van der Waals surface area (Å²) in [6, 6.07) is 17.3. The Morgan fingerprint density at radius 2 is 2.08 bits per heavy atom. The number of carbonyl (C=O) groups is 1. The zero-order valence-electron chi connectivity index (χ0n) is 14.3. The monoisotopic (exact) mass is 410 g/mol. The summed E-state index contributed by atoms with van der Waals surface area (Å²) in [5, 5.41) is 19.9. The third-order valence-electron chi connectivity index (χ3n) is 4.51. The molecule has 0 saturated carbocycles. The Kier molecular flexibility index (Phi) is 5.74. The normalized spacial score (nSPS) is 19.2. The molecule has 26 heavy (non-hydrogen) atoms. The first-order chi connectivity index (χ1) is 12.7. The SMILES string of the molecule is N#Cc1cccc(COc2cc(C3(C#N)CCCC[Se]3)ccc2C=O)c1. The molecule has 2 aromatic carbocycles. The van der Waals surface area contributed by atoms with Crippen molar-refractivity contribution in [2.24, 2.45) is 0 Å². The maximum atomic E-state index is 11.4. The van der Waals surface area contributed by atoms with Crippen molar-refractivity contribution >= 4 is 21.2 Å². The van der Waals surface area contributed by atoms with Crippen molar-refractivity contribution in [2.45, 2.75) is 35.5 Å². The first-order valence-corrected chi connectivity index (χ1v) is 10.5. The molecule has 0 radical (unpaired) electrons. The minimum absolute atomic E-state index is 0.223. The van der Waals surface area contributed by atoms with E-state index in [2.05, 4.69) is 12.1 Å². The molecule has 5 heteroatoms. The van der Waals surface area contributed by atoms with Crippen molar-refractivity contribution in [3.63, 3.8) is 0 Å². The number of nitrogens with zero attached hydrogens (tertiary/aromatic N) is 2. The summed E-state index contributed by atoms with van der Waals surface area (Å²) in [6.07, 6.45) is 3.89. The quantitative estimate of drug-likeness (QED) is 0.553. The molecule has 1 unspecified atom stereocenters. The van der Waals surface area contributed by atoms with Crippen LogP contribution in [0, 0.1) is 22.7 Å². The van der Waals surface area contributed by atoms with Crippen molar-refractivity contribution in [1.82, 2.24) is 0 Å². The molecule has 130 valence electrons. The van der Waals surface area contributed by atoms with Gasteiger partial charge in [-0.15, -0.1) is 0 Å². The number of ether oxygens (including phenoxy) is 1. The van der Waals surface area contributed by atoms with E-state index in [1.165, 1.54) is 6.42 Å². The maximum absolute atomic E-state index is 11.4. The molecule has 2 aromatic rings. The summed E-state index contributed by atoms with van der Waals surface area (Å²) >= 11 is 0.223. The van der Waals surface area contributed by atoms with Gasteiger partial charge in [0.25, 0.3) is 0 Å². The number of benzene rings is 2. The van der Waals surface area contributed by atoms with Gasteiger partial charge < -0.3 is 0 Å². The van der Waals surface area contributed by atoms with Gasteiger partial charge >= 0.3 is 159 Å². The van der Waals surface area contributed by atoms with E-state index >= 15 is 0 Å². The van der Waals surface area contributed by atoms with E-state index in [4.69, 9.17) is 10.00 Å². The molecule has 1 heterocycles. The third-order valence-corrected chi connectivity index (χ3v) is 7.69. The van der Waals surface area contributed by atoms with E-state index < -0.39 is 4.31 Å². The molecule has 0 spiro atoms. The molecule has 1 aliphatic heterocycles. The van der Waals surface area contributed by atoms with Crippen LogP contribution >= 0.6 is 0 Å². The zero-order chi connectivity index (χ0) is 18.4. The topological polar surface area (TPSA) is 73.9 Å². The second kappa shape index (κ2) is 8.19. The fourth-order valence-corrected chi connectivity index (χ4v) is 5.89.